The summed E-state index contributed by atoms with van der Waals surface area (Å²) < 4.78 is 15.7. The average Bonchev–Trinajstić information content (AvgIpc) is 3.30. The maximum absolute atomic E-state index is 12.3. The quantitative estimate of drug-likeness (QED) is 0.200. The molecule has 0 aliphatic heterocycles. The number of benzene rings is 2. The Labute approximate surface area is 186 Å². The zero-order valence-corrected chi connectivity index (χ0v) is 17.3. The van der Waals surface area contributed by atoms with Crippen LogP contribution in [-0.4, -0.2) is 11.9 Å². The van der Waals surface area contributed by atoms with Gasteiger partial charge in [-0.1, -0.05) is 23.7 Å². The Bertz CT molecular complexity index is 1350. The highest BCUT2D eigenvalue weighted by molar-refractivity contribution is 6.30. The van der Waals surface area contributed by atoms with Crippen molar-refractivity contribution < 1.29 is 23.2 Å². The van der Waals surface area contributed by atoms with E-state index in [1.165, 1.54) is 24.5 Å². The zero-order chi connectivity index (χ0) is 22.5. The minimum absolute atomic E-state index is 0.139. The van der Waals surface area contributed by atoms with Gasteiger partial charge in [0.05, 0.1) is 12.8 Å². The Morgan fingerprint density at radius 1 is 1.06 bits per heavy atom. The molecule has 2 aromatic heterocycles. The SMILES string of the molecule is O=C(/C=C/c1ccc(Cl)cc1)Oc1ccc2cc(C(=O)NCc3ccco3)c(=O)oc2c1. The van der Waals surface area contributed by atoms with Crippen molar-refractivity contribution in [3.8, 4) is 5.75 Å². The molecule has 1 N–H and O–H groups in total. The van der Waals surface area contributed by atoms with E-state index in [-0.39, 0.29) is 23.4 Å². The third-order valence-electron chi connectivity index (χ3n) is 4.46. The number of ether oxygens (including phenoxy) is 1. The summed E-state index contributed by atoms with van der Waals surface area (Å²) in [7, 11) is 0. The van der Waals surface area contributed by atoms with Gasteiger partial charge in [0.15, 0.2) is 0 Å². The summed E-state index contributed by atoms with van der Waals surface area (Å²) in [6, 6.07) is 16.3. The minimum atomic E-state index is -0.805. The van der Waals surface area contributed by atoms with Crippen LogP contribution in [0.1, 0.15) is 21.7 Å². The number of amides is 1. The summed E-state index contributed by atoms with van der Waals surface area (Å²) in [5.41, 5.74) is 0.0264. The molecule has 7 nitrogen and oxygen atoms in total. The van der Waals surface area contributed by atoms with E-state index >= 15 is 0 Å². The fraction of sp³-hybridized carbons (Fsp3) is 0.0417. The molecule has 1 amide bonds. The highest BCUT2D eigenvalue weighted by Crippen LogP contribution is 2.21. The second kappa shape index (κ2) is 9.36. The molecular formula is C24H16ClNO6. The van der Waals surface area contributed by atoms with Crippen molar-refractivity contribution in [2.24, 2.45) is 0 Å². The van der Waals surface area contributed by atoms with Crippen LogP contribution in [-0.2, 0) is 11.3 Å². The first-order valence-electron chi connectivity index (χ1n) is 9.52. The van der Waals surface area contributed by atoms with Gasteiger partial charge < -0.3 is 18.9 Å². The molecule has 0 saturated carbocycles. The molecule has 160 valence electrons. The number of hydrogen-bond acceptors (Lipinski definition) is 6. The normalized spacial score (nSPS) is 11.0. The van der Waals surface area contributed by atoms with Gasteiger partial charge in [0.1, 0.15) is 22.7 Å². The Morgan fingerprint density at radius 2 is 1.88 bits per heavy atom. The Morgan fingerprint density at radius 3 is 2.62 bits per heavy atom. The largest absolute Gasteiger partial charge is 0.467 e. The number of halogens is 1. The summed E-state index contributed by atoms with van der Waals surface area (Å²) in [5, 5.41) is 3.70. The van der Waals surface area contributed by atoms with Crippen LogP contribution < -0.4 is 15.7 Å². The van der Waals surface area contributed by atoms with E-state index in [1.54, 1.807) is 54.6 Å². The molecule has 32 heavy (non-hydrogen) atoms. The van der Waals surface area contributed by atoms with Crippen molar-refractivity contribution in [2.75, 3.05) is 0 Å². The van der Waals surface area contributed by atoms with Gasteiger partial charge in [-0.25, -0.2) is 9.59 Å². The predicted octanol–water partition coefficient (Wildman–Crippen LogP) is 4.59. The number of carbonyl (C=O) groups is 2. The molecule has 0 aliphatic carbocycles. The fourth-order valence-electron chi connectivity index (χ4n) is 2.88. The molecule has 4 aromatic rings. The molecule has 0 saturated heterocycles. The summed E-state index contributed by atoms with van der Waals surface area (Å²) in [6.07, 6.45) is 4.35. The monoisotopic (exact) mass is 449 g/mol. The number of esters is 1. The molecule has 0 fully saturated rings. The number of hydrogen-bond donors (Lipinski definition) is 1. The van der Waals surface area contributed by atoms with E-state index in [1.807, 2.05) is 0 Å². The number of carbonyl (C=O) groups excluding carboxylic acids is 2. The lowest BCUT2D eigenvalue weighted by atomic mass is 10.1. The van der Waals surface area contributed by atoms with Gasteiger partial charge >= 0.3 is 11.6 Å². The maximum Gasteiger partial charge on any atom is 0.349 e. The lowest BCUT2D eigenvalue weighted by Crippen LogP contribution is -2.27. The number of rotatable bonds is 6. The van der Waals surface area contributed by atoms with Gasteiger partial charge in [-0.15, -0.1) is 0 Å². The van der Waals surface area contributed by atoms with Gasteiger partial charge in [-0.3, -0.25) is 4.79 Å². The van der Waals surface area contributed by atoms with Crippen LogP contribution in [0.25, 0.3) is 17.0 Å². The molecule has 0 radical (unpaired) electrons. The summed E-state index contributed by atoms with van der Waals surface area (Å²) in [4.78, 5) is 36.7. The van der Waals surface area contributed by atoms with E-state index in [2.05, 4.69) is 5.32 Å². The van der Waals surface area contributed by atoms with Crippen molar-refractivity contribution in [1.82, 2.24) is 5.32 Å². The first kappa shape index (κ1) is 21.1. The first-order valence-corrected chi connectivity index (χ1v) is 9.90. The Kier molecular flexibility index (Phi) is 6.19. The molecule has 0 atom stereocenters. The molecule has 2 aromatic carbocycles. The van der Waals surface area contributed by atoms with Gasteiger partial charge in [-0.2, -0.15) is 0 Å². The van der Waals surface area contributed by atoms with Crippen LogP contribution in [0, 0.1) is 0 Å². The molecule has 2 heterocycles. The smallest absolute Gasteiger partial charge is 0.349 e. The van der Waals surface area contributed by atoms with Crippen LogP contribution in [0.4, 0.5) is 0 Å². The van der Waals surface area contributed by atoms with Crippen molar-refractivity contribution in [3.05, 3.63) is 105 Å². The van der Waals surface area contributed by atoms with Gasteiger partial charge in [-0.05, 0) is 54.1 Å². The van der Waals surface area contributed by atoms with E-state index < -0.39 is 17.5 Å². The van der Waals surface area contributed by atoms with Crippen molar-refractivity contribution >= 4 is 40.5 Å². The molecule has 0 aliphatic rings. The molecule has 4 rings (SSSR count). The topological polar surface area (TPSA) is 98.8 Å². The maximum atomic E-state index is 12.3. The van der Waals surface area contributed by atoms with Crippen molar-refractivity contribution in [3.63, 3.8) is 0 Å². The van der Waals surface area contributed by atoms with Gasteiger partial charge in [0.25, 0.3) is 5.91 Å². The van der Waals surface area contributed by atoms with Gasteiger partial charge in [0.2, 0.25) is 0 Å². The summed E-state index contributed by atoms with van der Waals surface area (Å²) in [6.45, 7) is 0.141. The standard InChI is InChI=1S/C24H16ClNO6/c25-17-7-3-15(4-8-17)5-10-22(27)31-18-9-6-16-12-20(24(29)32-21(16)13-18)23(28)26-14-19-2-1-11-30-19/h1-13H,14H2,(H,26,28)/b10-5+. The fourth-order valence-corrected chi connectivity index (χ4v) is 3.00. The van der Waals surface area contributed by atoms with E-state index in [4.69, 9.17) is 25.2 Å². The molecular weight excluding hydrogens is 434 g/mol. The second-order valence-electron chi connectivity index (χ2n) is 6.72. The Hall–Kier alpha value is -4.10. The molecule has 0 bridgehead atoms. The number of fused-ring (bicyclic) bond motifs is 1. The van der Waals surface area contributed by atoms with Crippen LogP contribution in [0.2, 0.25) is 5.02 Å². The summed E-state index contributed by atoms with van der Waals surface area (Å²) >= 11 is 5.83. The van der Waals surface area contributed by atoms with Crippen LogP contribution >= 0.6 is 11.6 Å². The molecule has 0 spiro atoms. The number of nitrogens with one attached hydrogen (secondary N) is 1. The third-order valence-corrected chi connectivity index (χ3v) is 4.71. The van der Waals surface area contributed by atoms with Crippen molar-refractivity contribution in [1.29, 1.82) is 0 Å². The van der Waals surface area contributed by atoms with E-state index in [0.29, 0.717) is 16.2 Å². The molecule has 8 heteroatoms. The highest BCUT2D eigenvalue weighted by atomic mass is 35.5. The predicted molar refractivity (Wildman–Crippen MR) is 118 cm³/mol. The lowest BCUT2D eigenvalue weighted by Gasteiger charge is -2.05. The second-order valence-corrected chi connectivity index (χ2v) is 7.15. The van der Waals surface area contributed by atoms with Crippen LogP contribution in [0.5, 0.6) is 5.75 Å². The lowest BCUT2D eigenvalue weighted by molar-refractivity contribution is -0.128. The summed E-state index contributed by atoms with van der Waals surface area (Å²) in [5.74, 6) is -0.433. The number of furan rings is 1. The first-order chi connectivity index (χ1) is 15.5. The minimum Gasteiger partial charge on any atom is -0.467 e. The Balaban J connectivity index is 1.46. The molecule has 0 unspecified atom stereocenters. The van der Waals surface area contributed by atoms with Crippen molar-refractivity contribution in [2.45, 2.75) is 6.54 Å². The zero-order valence-electron chi connectivity index (χ0n) is 16.5. The van der Waals surface area contributed by atoms with Crippen LogP contribution in [0.15, 0.2) is 86.6 Å². The van der Waals surface area contributed by atoms with E-state index in [0.717, 1.165) is 5.56 Å². The van der Waals surface area contributed by atoms with Gasteiger partial charge in [0, 0.05) is 22.6 Å². The third kappa shape index (κ3) is 5.14. The average molecular weight is 450 g/mol. The highest BCUT2D eigenvalue weighted by Gasteiger charge is 2.15. The van der Waals surface area contributed by atoms with E-state index in [9.17, 15) is 14.4 Å². The van der Waals surface area contributed by atoms with Crippen LogP contribution in [0.3, 0.4) is 0 Å².